The predicted octanol–water partition coefficient (Wildman–Crippen LogP) is 1.49. The summed E-state index contributed by atoms with van der Waals surface area (Å²) in [5.41, 5.74) is 0.509. The van der Waals surface area contributed by atoms with E-state index in [1.807, 2.05) is 0 Å². The van der Waals surface area contributed by atoms with E-state index in [1.54, 1.807) is 24.3 Å². The van der Waals surface area contributed by atoms with Gasteiger partial charge in [-0.3, -0.25) is 0 Å². The minimum absolute atomic E-state index is 0.101. The molecular weight excluding hydrogens is 168 g/mol. The molecule has 0 saturated heterocycles. The number of benzene rings is 1. The molecule has 66 valence electrons. The molecule has 0 aliphatic heterocycles. The highest BCUT2D eigenvalue weighted by Gasteiger charge is 2.08. The number of hydrogen-bond acceptors (Lipinski definition) is 3. The summed E-state index contributed by atoms with van der Waals surface area (Å²) >= 11 is 0. The fourth-order valence-corrected chi connectivity index (χ4v) is 1.15. The minimum atomic E-state index is 0.101. The van der Waals surface area contributed by atoms with Crippen LogP contribution < -0.4 is 0 Å². The van der Waals surface area contributed by atoms with Crippen molar-refractivity contribution in [2.75, 3.05) is 0 Å². The van der Waals surface area contributed by atoms with Crippen LogP contribution in [0, 0.1) is 0 Å². The Labute approximate surface area is 74.7 Å². The first kappa shape index (κ1) is 7.67. The summed E-state index contributed by atoms with van der Waals surface area (Å²) in [7, 11) is 0. The van der Waals surface area contributed by atoms with Crippen molar-refractivity contribution in [2.45, 2.75) is 0 Å². The van der Waals surface area contributed by atoms with E-state index < -0.39 is 0 Å². The molecule has 0 aliphatic carbocycles. The second kappa shape index (κ2) is 2.82. The van der Waals surface area contributed by atoms with Crippen LogP contribution in [-0.2, 0) is 0 Å². The number of aromatic nitrogens is 2. The Hall–Kier alpha value is -1.97. The van der Waals surface area contributed by atoms with Crippen LogP contribution in [0.2, 0.25) is 0 Å². The minimum Gasteiger partial charge on any atom is -0.507 e. The van der Waals surface area contributed by atoms with Crippen LogP contribution in [-0.4, -0.2) is 20.0 Å². The molecule has 4 heteroatoms. The highest BCUT2D eigenvalue weighted by Crippen LogP contribution is 2.26. The largest absolute Gasteiger partial charge is 0.507 e. The van der Waals surface area contributed by atoms with Gasteiger partial charge in [0.15, 0.2) is 5.82 Å². The van der Waals surface area contributed by atoms with Crippen molar-refractivity contribution in [3.63, 3.8) is 0 Å². The lowest BCUT2D eigenvalue weighted by atomic mass is 10.2. The number of aromatic hydroxyl groups is 1. The third kappa shape index (κ3) is 1.22. The fraction of sp³-hybridized carbons (Fsp3) is 0. The van der Waals surface area contributed by atoms with Crippen LogP contribution in [0.25, 0.3) is 11.4 Å². The highest BCUT2D eigenvalue weighted by atomic mass is 16.5. The van der Waals surface area contributed by atoms with E-state index in [9.17, 15) is 10.3 Å². The van der Waals surface area contributed by atoms with Gasteiger partial charge in [0.1, 0.15) is 5.75 Å². The van der Waals surface area contributed by atoms with Crippen molar-refractivity contribution in [3.05, 3.63) is 36.7 Å². The van der Waals surface area contributed by atoms with Gasteiger partial charge in [-0.2, -0.15) is 4.73 Å². The molecule has 0 saturated carbocycles. The zero-order valence-electron chi connectivity index (χ0n) is 6.75. The Morgan fingerprint density at radius 3 is 2.62 bits per heavy atom. The predicted molar refractivity (Wildman–Crippen MR) is 46.5 cm³/mol. The Balaban J connectivity index is 2.59. The summed E-state index contributed by atoms with van der Waals surface area (Å²) in [6.07, 6.45) is 2.86. The third-order valence-electron chi connectivity index (χ3n) is 1.77. The van der Waals surface area contributed by atoms with Crippen molar-refractivity contribution < 1.29 is 10.3 Å². The van der Waals surface area contributed by atoms with Crippen LogP contribution in [0.15, 0.2) is 36.7 Å². The van der Waals surface area contributed by atoms with Gasteiger partial charge in [-0.05, 0) is 12.1 Å². The van der Waals surface area contributed by atoms with E-state index >= 15 is 0 Å². The molecule has 1 aromatic heterocycles. The lowest BCUT2D eigenvalue weighted by Crippen LogP contribution is -1.92. The van der Waals surface area contributed by atoms with Crippen LogP contribution >= 0.6 is 0 Å². The topological polar surface area (TPSA) is 58.3 Å². The quantitative estimate of drug-likeness (QED) is 0.647. The molecule has 0 amide bonds. The molecule has 0 atom stereocenters. The maximum atomic E-state index is 9.44. The number of phenols is 1. The molecule has 2 aromatic rings. The fourth-order valence-electron chi connectivity index (χ4n) is 1.15. The number of phenolic OH excluding ortho intramolecular Hbond substituents is 1. The molecule has 0 unspecified atom stereocenters. The van der Waals surface area contributed by atoms with Crippen LogP contribution in [0.1, 0.15) is 0 Å². The molecule has 1 heterocycles. The smallest absolute Gasteiger partial charge is 0.178 e. The second-order valence-electron chi connectivity index (χ2n) is 2.61. The number of imidazole rings is 1. The van der Waals surface area contributed by atoms with Gasteiger partial charge in [-0.1, -0.05) is 12.1 Å². The highest BCUT2D eigenvalue weighted by molar-refractivity contribution is 5.63. The maximum Gasteiger partial charge on any atom is 0.178 e. The van der Waals surface area contributed by atoms with E-state index in [1.165, 1.54) is 12.4 Å². The Kier molecular flexibility index (Phi) is 1.66. The maximum absolute atomic E-state index is 9.44. The summed E-state index contributed by atoms with van der Waals surface area (Å²) in [6.45, 7) is 0. The number of para-hydroxylation sites is 1. The first-order chi connectivity index (χ1) is 6.29. The SMILES string of the molecule is Oc1ccccc1-c1nccn1O. The molecule has 0 spiro atoms. The van der Waals surface area contributed by atoms with E-state index in [4.69, 9.17) is 0 Å². The lowest BCUT2D eigenvalue weighted by molar-refractivity contribution is 0.190. The number of nitrogens with zero attached hydrogens (tertiary/aromatic N) is 2. The van der Waals surface area contributed by atoms with Crippen LogP contribution in [0.5, 0.6) is 5.75 Å². The van der Waals surface area contributed by atoms with Gasteiger partial charge >= 0.3 is 0 Å². The van der Waals surface area contributed by atoms with Gasteiger partial charge in [0.2, 0.25) is 0 Å². The molecular formula is C9H8N2O2. The van der Waals surface area contributed by atoms with Crippen molar-refractivity contribution in [3.8, 4) is 17.1 Å². The van der Waals surface area contributed by atoms with Gasteiger partial charge in [0.05, 0.1) is 11.8 Å². The first-order valence-electron chi connectivity index (χ1n) is 3.80. The van der Waals surface area contributed by atoms with Gasteiger partial charge in [-0.15, -0.1) is 0 Å². The van der Waals surface area contributed by atoms with E-state index in [2.05, 4.69) is 4.98 Å². The molecule has 4 nitrogen and oxygen atoms in total. The first-order valence-corrected chi connectivity index (χ1v) is 3.80. The summed E-state index contributed by atoms with van der Waals surface area (Å²) < 4.78 is 0.870. The van der Waals surface area contributed by atoms with Crippen molar-refractivity contribution in [1.82, 2.24) is 9.71 Å². The van der Waals surface area contributed by atoms with E-state index in [-0.39, 0.29) is 5.75 Å². The van der Waals surface area contributed by atoms with Gasteiger partial charge in [0.25, 0.3) is 0 Å². The molecule has 0 fully saturated rings. The Morgan fingerprint density at radius 2 is 2.00 bits per heavy atom. The third-order valence-corrected chi connectivity index (χ3v) is 1.77. The zero-order valence-corrected chi connectivity index (χ0v) is 6.75. The van der Waals surface area contributed by atoms with E-state index in [0.29, 0.717) is 11.4 Å². The van der Waals surface area contributed by atoms with Gasteiger partial charge in [0, 0.05) is 6.20 Å². The molecule has 2 N–H and O–H groups in total. The molecule has 0 aliphatic rings. The van der Waals surface area contributed by atoms with Gasteiger partial charge < -0.3 is 10.3 Å². The average Bonchev–Trinajstić information content (AvgIpc) is 2.52. The van der Waals surface area contributed by atoms with Crippen molar-refractivity contribution in [1.29, 1.82) is 0 Å². The molecule has 1 aromatic carbocycles. The average molecular weight is 176 g/mol. The zero-order chi connectivity index (χ0) is 9.26. The second-order valence-corrected chi connectivity index (χ2v) is 2.61. The van der Waals surface area contributed by atoms with Crippen LogP contribution in [0.3, 0.4) is 0 Å². The summed E-state index contributed by atoms with van der Waals surface area (Å²) in [5.74, 6) is 0.433. The molecule has 13 heavy (non-hydrogen) atoms. The van der Waals surface area contributed by atoms with Crippen LogP contribution in [0.4, 0.5) is 0 Å². The molecule has 0 bridgehead atoms. The number of rotatable bonds is 1. The Morgan fingerprint density at radius 1 is 1.23 bits per heavy atom. The van der Waals surface area contributed by atoms with E-state index in [0.717, 1.165) is 4.73 Å². The summed E-state index contributed by atoms with van der Waals surface area (Å²) in [6, 6.07) is 6.71. The van der Waals surface area contributed by atoms with Crippen molar-refractivity contribution >= 4 is 0 Å². The van der Waals surface area contributed by atoms with Gasteiger partial charge in [-0.25, -0.2) is 4.98 Å². The summed E-state index contributed by atoms with van der Waals surface area (Å²) in [5, 5.41) is 18.7. The summed E-state index contributed by atoms with van der Waals surface area (Å²) in [4.78, 5) is 3.90. The number of hydrogen-bond donors (Lipinski definition) is 2. The molecule has 2 rings (SSSR count). The van der Waals surface area contributed by atoms with Crippen molar-refractivity contribution in [2.24, 2.45) is 0 Å². The lowest BCUT2D eigenvalue weighted by Gasteiger charge is -2.01. The Bertz CT molecular complexity index is 423. The standard InChI is InChI=1S/C9H8N2O2/c12-8-4-2-1-3-7(8)9-10-5-6-11(9)13/h1-6,12-13H. The molecule has 0 radical (unpaired) electrons. The normalized spacial score (nSPS) is 10.2. The monoisotopic (exact) mass is 176 g/mol.